The van der Waals surface area contributed by atoms with Crippen LogP contribution in [-0.4, -0.2) is 23.3 Å². The van der Waals surface area contributed by atoms with E-state index >= 15 is 0 Å². The lowest BCUT2D eigenvalue weighted by Gasteiger charge is -2.20. The van der Waals surface area contributed by atoms with Gasteiger partial charge in [0.15, 0.2) is 0 Å². The van der Waals surface area contributed by atoms with Crippen LogP contribution in [-0.2, 0) is 11.3 Å². The van der Waals surface area contributed by atoms with Crippen LogP contribution in [0.1, 0.15) is 15.2 Å². The van der Waals surface area contributed by atoms with Gasteiger partial charge in [-0.2, -0.15) is 0 Å². The highest BCUT2D eigenvalue weighted by Crippen LogP contribution is 2.36. The molecule has 24 heavy (non-hydrogen) atoms. The van der Waals surface area contributed by atoms with Crippen LogP contribution in [0.3, 0.4) is 0 Å². The number of fused-ring (bicyclic) bond motifs is 1. The molecule has 0 aliphatic heterocycles. The van der Waals surface area contributed by atoms with E-state index in [1.54, 1.807) is 0 Å². The molecule has 2 amide bonds. The first-order valence-corrected chi connectivity index (χ1v) is 8.54. The second-order valence-corrected chi connectivity index (χ2v) is 6.78. The summed E-state index contributed by atoms with van der Waals surface area (Å²) in [6, 6.07) is 17.0. The summed E-state index contributed by atoms with van der Waals surface area (Å²) in [5.74, 6) is -0.847. The number of thiophene rings is 1. The van der Waals surface area contributed by atoms with Gasteiger partial charge in [-0.3, -0.25) is 9.59 Å². The molecular weight excluding hydrogens is 344 g/mol. The van der Waals surface area contributed by atoms with Crippen molar-refractivity contribution in [2.24, 2.45) is 5.73 Å². The topological polar surface area (TPSA) is 63.4 Å². The van der Waals surface area contributed by atoms with E-state index in [0.29, 0.717) is 16.4 Å². The lowest BCUT2D eigenvalue weighted by Crippen LogP contribution is -2.37. The van der Waals surface area contributed by atoms with Crippen molar-refractivity contribution in [3.05, 3.63) is 70.1 Å². The molecule has 0 radical (unpaired) electrons. The number of nitrogens with two attached hydrogens (primary N) is 1. The number of hydrogen-bond donors (Lipinski definition) is 1. The maximum atomic E-state index is 12.9. The van der Waals surface area contributed by atoms with E-state index in [1.165, 1.54) is 16.2 Å². The van der Waals surface area contributed by atoms with Crippen molar-refractivity contribution in [1.82, 2.24) is 4.90 Å². The maximum Gasteiger partial charge on any atom is 0.266 e. The minimum atomic E-state index is -0.559. The number of carbonyl (C=O) groups excluding carboxylic acids is 2. The van der Waals surface area contributed by atoms with E-state index in [2.05, 4.69) is 0 Å². The highest BCUT2D eigenvalue weighted by Gasteiger charge is 2.23. The third kappa shape index (κ3) is 3.42. The molecule has 2 N–H and O–H groups in total. The Balaban J connectivity index is 1.95. The molecule has 4 nitrogen and oxygen atoms in total. The highest BCUT2D eigenvalue weighted by molar-refractivity contribution is 7.21. The second-order valence-electron chi connectivity index (χ2n) is 5.35. The number of halogens is 1. The summed E-state index contributed by atoms with van der Waals surface area (Å²) in [5, 5.41) is 1.26. The fourth-order valence-corrected chi connectivity index (χ4v) is 3.97. The molecule has 2 aromatic carbocycles. The summed E-state index contributed by atoms with van der Waals surface area (Å²) in [6.07, 6.45) is 0. The van der Waals surface area contributed by atoms with E-state index in [0.717, 1.165) is 15.6 Å². The molecule has 0 fully saturated rings. The molecule has 0 spiro atoms. The van der Waals surface area contributed by atoms with E-state index < -0.39 is 5.91 Å². The summed E-state index contributed by atoms with van der Waals surface area (Å²) >= 11 is 7.71. The molecule has 0 atom stereocenters. The predicted molar refractivity (Wildman–Crippen MR) is 97.2 cm³/mol. The van der Waals surface area contributed by atoms with Crippen LogP contribution in [0.4, 0.5) is 0 Å². The number of primary amides is 1. The number of benzene rings is 2. The maximum absolute atomic E-state index is 12.9. The van der Waals surface area contributed by atoms with E-state index in [4.69, 9.17) is 17.3 Å². The van der Waals surface area contributed by atoms with Crippen molar-refractivity contribution in [1.29, 1.82) is 0 Å². The summed E-state index contributed by atoms with van der Waals surface area (Å²) in [6.45, 7) is 0.144. The van der Waals surface area contributed by atoms with Gasteiger partial charge >= 0.3 is 0 Å². The third-order valence-corrected chi connectivity index (χ3v) is 5.24. The molecule has 0 saturated heterocycles. The van der Waals surface area contributed by atoms with Gasteiger partial charge in [0.1, 0.15) is 11.4 Å². The van der Waals surface area contributed by atoms with Gasteiger partial charge in [0, 0.05) is 16.6 Å². The minimum Gasteiger partial charge on any atom is -0.368 e. The Morgan fingerprint density at radius 1 is 1.04 bits per heavy atom. The molecule has 0 saturated carbocycles. The lowest BCUT2D eigenvalue weighted by molar-refractivity contribution is -0.118. The van der Waals surface area contributed by atoms with Crippen molar-refractivity contribution >= 4 is 44.8 Å². The first-order chi connectivity index (χ1) is 11.6. The molecule has 3 rings (SSSR count). The fourth-order valence-electron chi connectivity index (χ4n) is 2.49. The summed E-state index contributed by atoms with van der Waals surface area (Å²) in [7, 11) is 0. The van der Waals surface area contributed by atoms with Gasteiger partial charge in [0.2, 0.25) is 5.91 Å². The van der Waals surface area contributed by atoms with E-state index in [-0.39, 0.29) is 12.5 Å². The van der Waals surface area contributed by atoms with Crippen LogP contribution in [0.15, 0.2) is 54.6 Å². The zero-order valence-corrected chi connectivity index (χ0v) is 14.3. The average Bonchev–Trinajstić information content (AvgIpc) is 2.91. The molecule has 122 valence electrons. The minimum absolute atomic E-state index is 0.154. The molecule has 1 aromatic heterocycles. The summed E-state index contributed by atoms with van der Waals surface area (Å²) in [5.41, 5.74) is 6.23. The number of nitrogens with zero attached hydrogens (tertiary/aromatic N) is 1. The first-order valence-electron chi connectivity index (χ1n) is 7.35. The van der Waals surface area contributed by atoms with Crippen molar-refractivity contribution in [2.45, 2.75) is 6.54 Å². The van der Waals surface area contributed by atoms with Gasteiger partial charge in [-0.05, 0) is 11.6 Å². The Kier molecular flexibility index (Phi) is 4.83. The zero-order valence-electron chi connectivity index (χ0n) is 12.7. The lowest BCUT2D eigenvalue weighted by atomic mass is 10.2. The standard InChI is InChI=1S/C18H15ClN2O2S/c19-16-13-8-4-5-9-14(13)24-17(16)18(23)21(11-15(20)22)10-12-6-2-1-3-7-12/h1-9H,10-11H2,(H2,20,22). The Hall–Kier alpha value is -2.37. The second kappa shape index (κ2) is 7.03. The van der Waals surface area contributed by atoms with Crippen LogP contribution < -0.4 is 5.73 Å². The molecule has 3 aromatic rings. The van der Waals surface area contributed by atoms with Crippen molar-refractivity contribution in [3.8, 4) is 0 Å². The van der Waals surface area contributed by atoms with E-state index in [9.17, 15) is 9.59 Å². The smallest absolute Gasteiger partial charge is 0.266 e. The number of amides is 2. The molecule has 0 unspecified atom stereocenters. The first kappa shape index (κ1) is 16.5. The highest BCUT2D eigenvalue weighted by atomic mass is 35.5. The molecule has 0 aliphatic rings. The van der Waals surface area contributed by atoms with Gasteiger partial charge in [0.05, 0.1) is 5.02 Å². The van der Waals surface area contributed by atoms with Gasteiger partial charge in [0.25, 0.3) is 5.91 Å². The van der Waals surface area contributed by atoms with Gasteiger partial charge in [-0.25, -0.2) is 0 Å². The Morgan fingerprint density at radius 2 is 1.71 bits per heavy atom. The van der Waals surface area contributed by atoms with Crippen molar-refractivity contribution in [3.63, 3.8) is 0 Å². The monoisotopic (exact) mass is 358 g/mol. The molecule has 0 aliphatic carbocycles. The largest absolute Gasteiger partial charge is 0.368 e. The number of hydrogen-bond acceptors (Lipinski definition) is 3. The Morgan fingerprint density at radius 3 is 2.38 bits per heavy atom. The van der Waals surface area contributed by atoms with Crippen LogP contribution in [0, 0.1) is 0 Å². The van der Waals surface area contributed by atoms with Crippen LogP contribution in [0.25, 0.3) is 10.1 Å². The third-order valence-electron chi connectivity index (χ3n) is 3.58. The van der Waals surface area contributed by atoms with Gasteiger partial charge in [-0.1, -0.05) is 60.1 Å². The predicted octanol–water partition coefficient (Wildman–Crippen LogP) is 3.68. The zero-order chi connectivity index (χ0) is 17.1. The van der Waals surface area contributed by atoms with Gasteiger partial charge < -0.3 is 10.6 Å². The Bertz CT molecular complexity index is 892. The van der Waals surface area contributed by atoms with Crippen LogP contribution >= 0.6 is 22.9 Å². The summed E-state index contributed by atoms with van der Waals surface area (Å²) in [4.78, 5) is 26.2. The van der Waals surface area contributed by atoms with E-state index in [1.807, 2.05) is 54.6 Å². The van der Waals surface area contributed by atoms with Crippen LogP contribution in [0.2, 0.25) is 5.02 Å². The summed E-state index contributed by atoms with van der Waals surface area (Å²) < 4.78 is 0.935. The molecule has 0 bridgehead atoms. The van der Waals surface area contributed by atoms with Crippen molar-refractivity contribution in [2.75, 3.05) is 6.54 Å². The average molecular weight is 359 g/mol. The van der Waals surface area contributed by atoms with Crippen LogP contribution in [0.5, 0.6) is 0 Å². The molecule has 1 heterocycles. The molecular formula is C18H15ClN2O2S. The number of carbonyl (C=O) groups is 2. The molecule has 6 heteroatoms. The quantitative estimate of drug-likeness (QED) is 0.756. The fraction of sp³-hybridized carbons (Fsp3) is 0.111. The normalized spacial score (nSPS) is 10.7. The number of rotatable bonds is 5. The SMILES string of the molecule is NC(=O)CN(Cc1ccccc1)C(=O)c1sc2ccccc2c1Cl. The Labute approximate surface area is 148 Å². The van der Waals surface area contributed by atoms with Crippen molar-refractivity contribution < 1.29 is 9.59 Å². The van der Waals surface area contributed by atoms with Gasteiger partial charge in [-0.15, -0.1) is 11.3 Å².